The number of ether oxygens (including phenoxy) is 1. The van der Waals surface area contributed by atoms with Crippen LogP contribution in [0.4, 0.5) is 20.6 Å². The summed E-state index contributed by atoms with van der Waals surface area (Å²) < 4.78 is 26.3. The molecule has 2 aliphatic rings. The van der Waals surface area contributed by atoms with E-state index in [0.29, 0.717) is 17.3 Å². The van der Waals surface area contributed by atoms with Crippen molar-refractivity contribution in [2.24, 2.45) is 11.3 Å². The summed E-state index contributed by atoms with van der Waals surface area (Å²) in [5.41, 5.74) is 0.915. The van der Waals surface area contributed by atoms with Gasteiger partial charge >= 0.3 is 6.09 Å². The molecule has 2 saturated heterocycles. The van der Waals surface area contributed by atoms with E-state index < -0.39 is 33.3 Å². The van der Waals surface area contributed by atoms with Crippen LogP contribution >= 0.6 is 0 Å². The van der Waals surface area contributed by atoms with Crippen molar-refractivity contribution >= 4 is 26.5 Å². The lowest BCUT2D eigenvalue weighted by Crippen LogP contribution is -2.42. The average Bonchev–Trinajstić information content (AvgIpc) is 3.08. The highest BCUT2D eigenvalue weighted by atomic mass is 28.3. The zero-order valence-electron chi connectivity index (χ0n) is 17.5. The topological polar surface area (TPSA) is 62.2 Å². The molecule has 2 unspecified atom stereocenters. The zero-order chi connectivity index (χ0) is 20.8. The number of aliphatic hydroxyl groups excluding tert-OH is 1. The molecule has 0 bridgehead atoms. The first-order valence-electron chi connectivity index (χ1n) is 9.90. The van der Waals surface area contributed by atoms with Crippen molar-refractivity contribution in [1.29, 1.82) is 0 Å². The average molecular weight is 411 g/mol. The maximum Gasteiger partial charge on any atom is 0.417 e. The molecule has 0 spiro atoms. The summed E-state index contributed by atoms with van der Waals surface area (Å²) >= 11 is 0. The number of nitrogens with zero attached hydrogens (tertiary/aromatic N) is 2. The molecule has 28 heavy (non-hydrogen) atoms. The molecule has 3 rings (SSSR count). The van der Waals surface area contributed by atoms with Crippen LogP contribution in [-0.4, -0.2) is 45.3 Å². The highest BCUT2D eigenvalue weighted by molar-refractivity contribution is 6.48. The first kappa shape index (κ1) is 21.1. The Morgan fingerprint density at radius 2 is 2.00 bits per heavy atom. The monoisotopic (exact) mass is 410 g/mol. The van der Waals surface area contributed by atoms with E-state index in [1.807, 2.05) is 4.90 Å². The van der Waals surface area contributed by atoms with E-state index in [0.717, 1.165) is 13.0 Å². The van der Waals surface area contributed by atoms with Gasteiger partial charge in [0.15, 0.2) is 9.04 Å². The van der Waals surface area contributed by atoms with Crippen LogP contribution < -0.4 is 9.80 Å². The number of amides is 1. The number of anilines is 2. The normalized spacial score (nSPS) is 28.4. The Bertz CT molecular complexity index is 739. The van der Waals surface area contributed by atoms with Gasteiger partial charge in [-0.25, -0.2) is 9.18 Å². The summed E-state index contributed by atoms with van der Waals surface area (Å²) in [6, 6.07) is 4.15. The fraction of sp³-hybridized carbons (Fsp3) is 0.650. The summed E-state index contributed by atoms with van der Waals surface area (Å²) in [7, 11) is -1.33. The molecule has 1 aromatic rings. The summed E-state index contributed by atoms with van der Waals surface area (Å²) in [6.07, 6.45) is -1.09. The van der Waals surface area contributed by atoms with Gasteiger partial charge in [0.05, 0.1) is 17.4 Å². The Morgan fingerprint density at radius 3 is 2.50 bits per heavy atom. The molecule has 0 aromatic heterocycles. The van der Waals surface area contributed by atoms with Crippen molar-refractivity contribution < 1.29 is 23.5 Å². The van der Waals surface area contributed by atoms with E-state index >= 15 is 4.39 Å². The van der Waals surface area contributed by atoms with Crippen LogP contribution in [-0.2, 0) is 9.16 Å². The van der Waals surface area contributed by atoms with Gasteiger partial charge in [-0.2, -0.15) is 0 Å². The molecule has 1 N–H and O–H groups in total. The minimum atomic E-state index is -1.33. The summed E-state index contributed by atoms with van der Waals surface area (Å²) in [4.78, 5) is 15.3. The fourth-order valence-corrected chi connectivity index (χ4v) is 5.00. The Kier molecular flexibility index (Phi) is 5.75. The van der Waals surface area contributed by atoms with Gasteiger partial charge in [0.1, 0.15) is 12.0 Å². The van der Waals surface area contributed by atoms with Crippen molar-refractivity contribution in [2.45, 2.75) is 65.8 Å². The lowest BCUT2D eigenvalue weighted by atomic mass is 9.79. The smallest absolute Gasteiger partial charge is 0.417 e. The second-order valence-corrected chi connectivity index (χ2v) is 11.4. The quantitative estimate of drug-likeness (QED) is 0.767. The van der Waals surface area contributed by atoms with Crippen molar-refractivity contribution in [3.63, 3.8) is 0 Å². The number of cyclic esters (lactones) is 1. The fourth-order valence-electron chi connectivity index (χ4n) is 4.10. The molecular formula is C20H31FN2O4Si. The molecule has 0 aliphatic carbocycles. The van der Waals surface area contributed by atoms with E-state index in [1.54, 1.807) is 19.1 Å². The minimum Gasteiger partial charge on any atom is -0.417 e. The number of rotatable bonds is 4. The second kappa shape index (κ2) is 7.65. The minimum absolute atomic E-state index is 0.0595. The van der Waals surface area contributed by atoms with Crippen LogP contribution in [0.15, 0.2) is 18.2 Å². The van der Waals surface area contributed by atoms with Crippen LogP contribution in [0.2, 0.25) is 13.1 Å². The number of aliphatic hydroxyl groups is 1. The van der Waals surface area contributed by atoms with E-state index in [1.165, 1.54) is 11.0 Å². The number of benzene rings is 1. The van der Waals surface area contributed by atoms with Crippen LogP contribution in [0.25, 0.3) is 0 Å². The molecule has 0 radical (unpaired) electrons. The molecule has 1 amide bonds. The van der Waals surface area contributed by atoms with Crippen molar-refractivity contribution in [1.82, 2.24) is 0 Å². The number of hydrogen-bond donors (Lipinski definition) is 1. The van der Waals surface area contributed by atoms with E-state index in [9.17, 15) is 9.90 Å². The first-order chi connectivity index (χ1) is 13.0. The highest BCUT2D eigenvalue weighted by Gasteiger charge is 2.43. The third-order valence-electron chi connectivity index (χ3n) is 5.61. The van der Waals surface area contributed by atoms with Gasteiger partial charge in [0.25, 0.3) is 0 Å². The van der Waals surface area contributed by atoms with E-state index in [4.69, 9.17) is 9.16 Å². The maximum atomic E-state index is 15.1. The van der Waals surface area contributed by atoms with Gasteiger partial charge in [-0.1, -0.05) is 20.8 Å². The van der Waals surface area contributed by atoms with Crippen molar-refractivity contribution in [3.05, 3.63) is 24.0 Å². The lowest BCUT2D eigenvalue weighted by molar-refractivity contribution is -0.0312. The van der Waals surface area contributed by atoms with Crippen LogP contribution in [0.3, 0.4) is 0 Å². The Labute approximate surface area is 167 Å². The van der Waals surface area contributed by atoms with Crippen LogP contribution in [0, 0.1) is 17.2 Å². The number of hydrogen-bond acceptors (Lipinski definition) is 5. The van der Waals surface area contributed by atoms with Gasteiger partial charge in [-0.3, -0.25) is 4.90 Å². The van der Waals surface area contributed by atoms with Crippen LogP contribution in [0.1, 0.15) is 34.1 Å². The highest BCUT2D eigenvalue weighted by Crippen LogP contribution is 2.42. The molecular weight excluding hydrogens is 379 g/mol. The van der Waals surface area contributed by atoms with Gasteiger partial charge < -0.3 is 19.2 Å². The Balaban J connectivity index is 1.90. The second-order valence-electron chi connectivity index (χ2n) is 9.05. The number of halogens is 1. The van der Waals surface area contributed by atoms with E-state index in [-0.39, 0.29) is 11.6 Å². The van der Waals surface area contributed by atoms with Crippen molar-refractivity contribution in [3.8, 4) is 0 Å². The van der Waals surface area contributed by atoms with Gasteiger partial charge in [-0.15, -0.1) is 0 Å². The molecule has 1 aromatic carbocycles. The number of carbonyl (C=O) groups excluding carboxylic acids is 1. The molecule has 0 saturated carbocycles. The number of carbonyl (C=O) groups is 1. The Hall–Kier alpha value is -1.64. The largest absolute Gasteiger partial charge is 0.417 e. The Morgan fingerprint density at radius 1 is 1.32 bits per heavy atom. The standard InChI is InChI=1S/C20H31FN2O4Si/c1-12-18(24)26-19(25)23(12)13-7-8-16(15(21)11-13)22-10-9-14(20(2,3)4)17(22)27-28(5)6/h7-8,11-12,14,17-18,24,28H,9-10H2,1-6H3/t12?,14-,17?,18+/m0/s1. The summed E-state index contributed by atoms with van der Waals surface area (Å²) in [5.74, 6) is -0.0994. The zero-order valence-corrected chi connectivity index (χ0v) is 18.6. The maximum absolute atomic E-state index is 15.1. The predicted molar refractivity (Wildman–Crippen MR) is 109 cm³/mol. The third-order valence-corrected chi connectivity index (χ3v) is 6.44. The van der Waals surface area contributed by atoms with Crippen LogP contribution in [0.5, 0.6) is 0 Å². The molecule has 156 valence electrons. The summed E-state index contributed by atoms with van der Waals surface area (Å²) in [5, 5.41) is 9.72. The lowest BCUT2D eigenvalue weighted by Gasteiger charge is -2.37. The molecule has 2 heterocycles. The summed E-state index contributed by atoms with van der Waals surface area (Å²) in [6.45, 7) is 13.2. The predicted octanol–water partition coefficient (Wildman–Crippen LogP) is 3.69. The molecule has 2 fully saturated rings. The van der Waals surface area contributed by atoms with Gasteiger partial charge in [-0.05, 0) is 50.1 Å². The molecule has 8 heteroatoms. The van der Waals surface area contributed by atoms with E-state index in [2.05, 4.69) is 33.9 Å². The molecule has 2 aliphatic heterocycles. The van der Waals surface area contributed by atoms with Gasteiger partial charge in [0, 0.05) is 12.5 Å². The van der Waals surface area contributed by atoms with Crippen molar-refractivity contribution in [2.75, 3.05) is 16.3 Å². The SMILES string of the molecule is CC1[C@H](O)OC(=O)N1c1ccc(N2CC[C@H](C(C)(C)C)C2O[SiH](C)C)c(F)c1. The third kappa shape index (κ3) is 3.90. The first-order valence-corrected chi connectivity index (χ1v) is 12.7. The van der Waals surface area contributed by atoms with Gasteiger partial charge in [0.2, 0.25) is 6.29 Å². The molecule has 6 nitrogen and oxygen atoms in total. The molecule has 4 atom stereocenters.